The van der Waals surface area contributed by atoms with Gasteiger partial charge in [0.15, 0.2) is 0 Å². The Morgan fingerprint density at radius 1 is 0.422 bits per heavy atom. The minimum absolute atomic E-state index is 0.0682. The fourth-order valence-electron chi connectivity index (χ4n) is 6.16. The molecule has 0 aliphatic carbocycles. The molecular weight excluding hydrogens is 560 g/mol. The molecule has 45 heavy (non-hydrogen) atoms. The minimum atomic E-state index is -0.675. The van der Waals surface area contributed by atoms with Gasteiger partial charge >= 0.3 is 11.9 Å². The van der Waals surface area contributed by atoms with Crippen molar-refractivity contribution >= 4 is 11.9 Å². The number of hydrogen-bond acceptors (Lipinski definition) is 4. The first-order valence-corrected chi connectivity index (χ1v) is 19.1. The Kier molecular flexibility index (Phi) is 32.5. The highest BCUT2D eigenvalue weighted by molar-refractivity contribution is 5.66. The van der Waals surface area contributed by atoms with E-state index in [0.717, 1.165) is 70.6 Å². The Labute approximate surface area is 278 Å². The minimum Gasteiger partial charge on any atom is -0.481 e. The molecule has 0 aromatic heterocycles. The SMILES string of the molecule is NCCC(N)(CCCCCCCCC=CCCCCCCCC(=O)O)CCCCCCCCC=CCCCCCCCC(=O)O. The molecule has 0 aromatic carbocycles. The Hall–Kier alpha value is -1.66. The fraction of sp³-hybridized carbons (Fsp3) is 0.846. The Balaban J connectivity index is 3.58. The van der Waals surface area contributed by atoms with Gasteiger partial charge in [0.1, 0.15) is 0 Å². The molecule has 6 heteroatoms. The maximum atomic E-state index is 10.5. The van der Waals surface area contributed by atoms with Crippen molar-refractivity contribution in [2.75, 3.05) is 6.54 Å². The van der Waals surface area contributed by atoms with Crippen molar-refractivity contribution < 1.29 is 19.8 Å². The average molecular weight is 635 g/mol. The quantitative estimate of drug-likeness (QED) is 0.0401. The highest BCUT2D eigenvalue weighted by Crippen LogP contribution is 2.24. The lowest BCUT2D eigenvalue weighted by molar-refractivity contribution is -0.138. The largest absolute Gasteiger partial charge is 0.481 e. The standard InChI is InChI=1S/C39H74N2O4/c40-36-35-39(41,33-29-25-21-17-13-9-5-1-3-7-11-15-19-23-27-31-37(42)43)34-30-26-22-18-14-10-6-2-4-8-12-16-20-24-28-32-38(44)45/h1-4H,5-36,40-41H2,(H,42,43)(H,44,45). The molecule has 0 atom stereocenters. The van der Waals surface area contributed by atoms with Gasteiger partial charge in [-0.15, -0.1) is 0 Å². The smallest absolute Gasteiger partial charge is 0.303 e. The number of hydrogen-bond donors (Lipinski definition) is 4. The van der Waals surface area contributed by atoms with Crippen LogP contribution < -0.4 is 11.5 Å². The number of carbonyl (C=O) groups is 2. The van der Waals surface area contributed by atoms with Crippen LogP contribution in [0.2, 0.25) is 0 Å². The summed E-state index contributed by atoms with van der Waals surface area (Å²) in [6.45, 7) is 0.692. The van der Waals surface area contributed by atoms with Gasteiger partial charge in [0, 0.05) is 18.4 Å². The van der Waals surface area contributed by atoms with Gasteiger partial charge in [-0.25, -0.2) is 0 Å². The van der Waals surface area contributed by atoms with E-state index in [1.54, 1.807) is 0 Å². The van der Waals surface area contributed by atoms with Gasteiger partial charge in [-0.05, 0) is 90.0 Å². The molecule has 0 heterocycles. The van der Waals surface area contributed by atoms with E-state index in [9.17, 15) is 9.59 Å². The van der Waals surface area contributed by atoms with Crippen molar-refractivity contribution in [1.82, 2.24) is 0 Å². The fourth-order valence-corrected chi connectivity index (χ4v) is 6.16. The molecule has 0 rings (SSSR count). The second-order valence-corrected chi connectivity index (χ2v) is 13.6. The van der Waals surface area contributed by atoms with E-state index in [2.05, 4.69) is 24.3 Å². The number of rotatable bonds is 36. The monoisotopic (exact) mass is 635 g/mol. The predicted molar refractivity (Wildman–Crippen MR) is 193 cm³/mol. The van der Waals surface area contributed by atoms with Gasteiger partial charge in [0.25, 0.3) is 0 Å². The zero-order valence-electron chi connectivity index (χ0n) is 29.3. The van der Waals surface area contributed by atoms with E-state index in [1.807, 2.05) is 0 Å². The predicted octanol–water partition coefficient (Wildman–Crippen LogP) is 11.0. The number of nitrogens with two attached hydrogens (primary N) is 2. The summed E-state index contributed by atoms with van der Waals surface area (Å²) in [6.07, 6.45) is 44.3. The summed E-state index contributed by atoms with van der Waals surface area (Å²) in [5.41, 5.74) is 12.7. The molecule has 0 bridgehead atoms. The van der Waals surface area contributed by atoms with E-state index in [4.69, 9.17) is 21.7 Å². The maximum absolute atomic E-state index is 10.5. The van der Waals surface area contributed by atoms with Crippen molar-refractivity contribution in [2.45, 2.75) is 205 Å². The lowest BCUT2D eigenvalue weighted by Gasteiger charge is -2.29. The first-order valence-electron chi connectivity index (χ1n) is 19.1. The van der Waals surface area contributed by atoms with Crippen LogP contribution in [0, 0.1) is 0 Å². The van der Waals surface area contributed by atoms with Gasteiger partial charge in [0.2, 0.25) is 0 Å². The molecular formula is C39H74N2O4. The van der Waals surface area contributed by atoms with E-state index in [1.165, 1.54) is 116 Å². The average Bonchev–Trinajstić information content (AvgIpc) is 3.00. The first kappa shape index (κ1) is 43.3. The summed E-state index contributed by atoms with van der Waals surface area (Å²) in [5.74, 6) is -1.35. The second-order valence-electron chi connectivity index (χ2n) is 13.6. The van der Waals surface area contributed by atoms with E-state index < -0.39 is 11.9 Å². The van der Waals surface area contributed by atoms with Crippen molar-refractivity contribution in [1.29, 1.82) is 0 Å². The second kappa shape index (κ2) is 33.7. The lowest BCUT2D eigenvalue weighted by Crippen LogP contribution is -2.41. The Bertz CT molecular complexity index is 668. The van der Waals surface area contributed by atoms with E-state index in [-0.39, 0.29) is 5.54 Å². The van der Waals surface area contributed by atoms with Crippen LogP contribution in [0.5, 0.6) is 0 Å². The lowest BCUT2D eigenvalue weighted by atomic mass is 9.84. The molecule has 0 aromatic rings. The molecule has 6 nitrogen and oxygen atoms in total. The number of carboxylic acid groups (broad SMARTS) is 2. The molecule has 0 spiro atoms. The third-order valence-electron chi connectivity index (χ3n) is 9.09. The normalized spacial score (nSPS) is 13.2. The number of carboxylic acids is 2. The highest BCUT2D eigenvalue weighted by atomic mass is 16.4. The van der Waals surface area contributed by atoms with Crippen LogP contribution in [0.25, 0.3) is 0 Å². The summed E-state index contributed by atoms with van der Waals surface area (Å²) in [7, 11) is 0. The van der Waals surface area contributed by atoms with Crippen LogP contribution in [0.15, 0.2) is 24.3 Å². The van der Waals surface area contributed by atoms with E-state index in [0.29, 0.717) is 19.4 Å². The van der Waals surface area contributed by atoms with Crippen LogP contribution in [0.1, 0.15) is 199 Å². The van der Waals surface area contributed by atoms with Crippen LogP contribution in [-0.4, -0.2) is 34.2 Å². The van der Waals surface area contributed by atoms with Crippen LogP contribution in [-0.2, 0) is 9.59 Å². The van der Waals surface area contributed by atoms with Gasteiger partial charge in [-0.1, -0.05) is 127 Å². The molecule has 0 unspecified atom stereocenters. The number of aliphatic carboxylic acids is 2. The Morgan fingerprint density at radius 3 is 0.978 bits per heavy atom. The van der Waals surface area contributed by atoms with Gasteiger partial charge < -0.3 is 21.7 Å². The molecule has 0 saturated heterocycles. The third-order valence-corrected chi connectivity index (χ3v) is 9.09. The number of unbranched alkanes of at least 4 members (excludes halogenated alkanes) is 22. The summed E-state index contributed by atoms with van der Waals surface area (Å²) in [6, 6.07) is 0. The molecule has 6 N–H and O–H groups in total. The molecule has 264 valence electrons. The zero-order valence-corrected chi connectivity index (χ0v) is 29.3. The number of allylic oxidation sites excluding steroid dienone is 4. The summed E-state index contributed by atoms with van der Waals surface area (Å²) in [5, 5.41) is 17.3. The molecule has 0 saturated carbocycles. The van der Waals surface area contributed by atoms with E-state index >= 15 is 0 Å². The third kappa shape index (κ3) is 35.0. The van der Waals surface area contributed by atoms with Crippen molar-refractivity contribution in [3.63, 3.8) is 0 Å². The first-order chi connectivity index (χ1) is 21.9. The van der Waals surface area contributed by atoms with Crippen molar-refractivity contribution in [3.8, 4) is 0 Å². The van der Waals surface area contributed by atoms with Crippen molar-refractivity contribution in [2.24, 2.45) is 11.5 Å². The highest BCUT2D eigenvalue weighted by Gasteiger charge is 2.22. The maximum Gasteiger partial charge on any atom is 0.303 e. The molecule has 0 radical (unpaired) electrons. The topological polar surface area (TPSA) is 127 Å². The van der Waals surface area contributed by atoms with Gasteiger partial charge in [-0.2, -0.15) is 0 Å². The van der Waals surface area contributed by atoms with Gasteiger partial charge in [0.05, 0.1) is 0 Å². The zero-order chi connectivity index (χ0) is 33.1. The van der Waals surface area contributed by atoms with Crippen molar-refractivity contribution in [3.05, 3.63) is 24.3 Å². The van der Waals surface area contributed by atoms with Crippen LogP contribution in [0.4, 0.5) is 0 Å². The Morgan fingerprint density at radius 2 is 0.689 bits per heavy atom. The molecule has 0 amide bonds. The van der Waals surface area contributed by atoms with Crippen LogP contribution in [0.3, 0.4) is 0 Å². The van der Waals surface area contributed by atoms with Crippen LogP contribution >= 0.6 is 0 Å². The van der Waals surface area contributed by atoms with Gasteiger partial charge in [-0.3, -0.25) is 9.59 Å². The summed E-state index contributed by atoms with van der Waals surface area (Å²) in [4.78, 5) is 21.0. The summed E-state index contributed by atoms with van der Waals surface area (Å²) < 4.78 is 0. The molecule has 0 fully saturated rings. The molecule has 0 aliphatic heterocycles. The summed E-state index contributed by atoms with van der Waals surface area (Å²) >= 11 is 0. The molecule has 0 aliphatic rings.